The van der Waals surface area contributed by atoms with E-state index in [1.165, 1.54) is 0 Å². The van der Waals surface area contributed by atoms with Gasteiger partial charge in [-0.25, -0.2) is 4.79 Å². The van der Waals surface area contributed by atoms with Crippen molar-refractivity contribution >= 4 is 6.09 Å². The van der Waals surface area contributed by atoms with Gasteiger partial charge in [0.05, 0.1) is 12.6 Å². The number of carbonyl (C=O) groups is 1. The van der Waals surface area contributed by atoms with Gasteiger partial charge in [0.1, 0.15) is 6.61 Å². The standard InChI is InChI=1S/C15H23NO4/c1-11(9-17)16(14(18)19)20-10-12-6-5-7-13(8-12)15(2,3)4/h5-8,11,17H,9-10H2,1-4H3,(H,18,19). The van der Waals surface area contributed by atoms with Crippen LogP contribution in [-0.2, 0) is 16.9 Å². The van der Waals surface area contributed by atoms with Crippen LogP contribution in [0.2, 0.25) is 0 Å². The predicted octanol–water partition coefficient (Wildman–Crippen LogP) is 2.78. The van der Waals surface area contributed by atoms with Crippen LogP contribution in [0.3, 0.4) is 0 Å². The zero-order valence-electron chi connectivity index (χ0n) is 12.5. The first-order valence-corrected chi connectivity index (χ1v) is 6.61. The van der Waals surface area contributed by atoms with Crippen LogP contribution in [-0.4, -0.2) is 34.0 Å². The summed E-state index contributed by atoms with van der Waals surface area (Å²) in [5, 5.41) is 18.8. The molecule has 0 saturated carbocycles. The van der Waals surface area contributed by atoms with E-state index in [-0.39, 0.29) is 18.6 Å². The molecular weight excluding hydrogens is 258 g/mol. The van der Waals surface area contributed by atoms with E-state index in [4.69, 9.17) is 15.1 Å². The van der Waals surface area contributed by atoms with Crippen LogP contribution in [0.15, 0.2) is 24.3 Å². The number of amides is 1. The van der Waals surface area contributed by atoms with Crippen molar-refractivity contribution in [3.8, 4) is 0 Å². The third-order valence-corrected chi connectivity index (χ3v) is 3.02. The van der Waals surface area contributed by atoms with Gasteiger partial charge in [0.25, 0.3) is 0 Å². The summed E-state index contributed by atoms with van der Waals surface area (Å²) in [7, 11) is 0. The van der Waals surface area contributed by atoms with E-state index < -0.39 is 12.1 Å². The number of benzene rings is 1. The predicted molar refractivity (Wildman–Crippen MR) is 76.3 cm³/mol. The third kappa shape index (κ3) is 4.51. The van der Waals surface area contributed by atoms with E-state index in [2.05, 4.69) is 20.8 Å². The highest BCUT2D eigenvalue weighted by atomic mass is 16.7. The molecule has 0 aliphatic heterocycles. The molecule has 0 spiro atoms. The molecule has 1 aromatic carbocycles. The first-order chi connectivity index (χ1) is 9.25. The lowest BCUT2D eigenvalue weighted by molar-refractivity contribution is -0.169. The SMILES string of the molecule is CC(CO)N(OCc1cccc(C(C)(C)C)c1)C(=O)O. The first-order valence-electron chi connectivity index (χ1n) is 6.61. The summed E-state index contributed by atoms with van der Waals surface area (Å²) in [6.45, 7) is 7.80. The fraction of sp³-hybridized carbons (Fsp3) is 0.533. The lowest BCUT2D eigenvalue weighted by Crippen LogP contribution is -2.39. The maximum Gasteiger partial charge on any atom is 0.431 e. The molecule has 0 aromatic heterocycles. The monoisotopic (exact) mass is 281 g/mol. The largest absolute Gasteiger partial charge is 0.463 e. The molecule has 0 fully saturated rings. The summed E-state index contributed by atoms with van der Waals surface area (Å²) in [6.07, 6.45) is -1.21. The molecule has 2 N–H and O–H groups in total. The Bertz CT molecular complexity index is 453. The third-order valence-electron chi connectivity index (χ3n) is 3.02. The van der Waals surface area contributed by atoms with Gasteiger partial charge in [0.2, 0.25) is 0 Å². The van der Waals surface area contributed by atoms with Crippen molar-refractivity contribution in [2.24, 2.45) is 0 Å². The second-order valence-electron chi connectivity index (χ2n) is 5.86. The average molecular weight is 281 g/mol. The molecule has 0 aliphatic carbocycles. The molecule has 0 saturated heterocycles. The van der Waals surface area contributed by atoms with Gasteiger partial charge in [-0.05, 0) is 23.5 Å². The Morgan fingerprint density at radius 3 is 2.55 bits per heavy atom. The topological polar surface area (TPSA) is 70.0 Å². The van der Waals surface area contributed by atoms with Crippen molar-refractivity contribution in [3.05, 3.63) is 35.4 Å². The van der Waals surface area contributed by atoms with Gasteiger partial charge >= 0.3 is 6.09 Å². The van der Waals surface area contributed by atoms with Gasteiger partial charge in [-0.15, -0.1) is 0 Å². The van der Waals surface area contributed by atoms with Crippen molar-refractivity contribution in [1.82, 2.24) is 5.06 Å². The number of aliphatic hydroxyl groups excluding tert-OH is 1. The van der Waals surface area contributed by atoms with E-state index in [9.17, 15) is 4.79 Å². The number of hydrogen-bond donors (Lipinski definition) is 2. The zero-order valence-corrected chi connectivity index (χ0v) is 12.5. The van der Waals surface area contributed by atoms with Gasteiger partial charge < -0.3 is 10.2 Å². The molecule has 1 aromatic rings. The maximum atomic E-state index is 11.0. The fourth-order valence-electron chi connectivity index (χ4n) is 1.72. The van der Waals surface area contributed by atoms with Crippen LogP contribution in [0.1, 0.15) is 38.8 Å². The highest BCUT2D eigenvalue weighted by Crippen LogP contribution is 2.23. The van der Waals surface area contributed by atoms with Crippen molar-refractivity contribution in [3.63, 3.8) is 0 Å². The Morgan fingerprint density at radius 2 is 2.05 bits per heavy atom. The molecule has 20 heavy (non-hydrogen) atoms. The molecule has 5 nitrogen and oxygen atoms in total. The van der Waals surface area contributed by atoms with Crippen LogP contribution in [0, 0.1) is 0 Å². The van der Waals surface area contributed by atoms with Crippen molar-refractivity contribution in [2.45, 2.75) is 45.8 Å². The molecule has 1 rings (SSSR count). The highest BCUT2D eigenvalue weighted by molar-refractivity contribution is 5.63. The summed E-state index contributed by atoms with van der Waals surface area (Å²) < 4.78 is 0. The van der Waals surface area contributed by atoms with E-state index in [1.807, 2.05) is 24.3 Å². The van der Waals surface area contributed by atoms with Gasteiger partial charge in [-0.3, -0.25) is 4.84 Å². The molecule has 0 aliphatic rings. The van der Waals surface area contributed by atoms with E-state index >= 15 is 0 Å². The van der Waals surface area contributed by atoms with Crippen LogP contribution in [0.25, 0.3) is 0 Å². The second kappa shape index (κ2) is 6.72. The molecule has 1 unspecified atom stereocenters. The van der Waals surface area contributed by atoms with Gasteiger partial charge in [-0.2, -0.15) is 5.06 Å². The minimum absolute atomic E-state index is 0.0287. The molecule has 0 heterocycles. The summed E-state index contributed by atoms with van der Waals surface area (Å²) in [5.41, 5.74) is 2.09. The van der Waals surface area contributed by atoms with Gasteiger partial charge in [0.15, 0.2) is 0 Å². The number of hydrogen-bond acceptors (Lipinski definition) is 3. The van der Waals surface area contributed by atoms with E-state index in [1.54, 1.807) is 6.92 Å². The number of hydroxylamine groups is 2. The molecular formula is C15H23NO4. The molecule has 5 heteroatoms. The highest BCUT2D eigenvalue weighted by Gasteiger charge is 2.20. The maximum absolute atomic E-state index is 11.0. The van der Waals surface area contributed by atoms with E-state index in [0.717, 1.165) is 16.2 Å². The van der Waals surface area contributed by atoms with Crippen LogP contribution >= 0.6 is 0 Å². The molecule has 0 radical (unpaired) electrons. The molecule has 1 amide bonds. The average Bonchev–Trinajstić information content (AvgIpc) is 2.37. The Morgan fingerprint density at radius 1 is 1.40 bits per heavy atom. The van der Waals surface area contributed by atoms with E-state index in [0.29, 0.717) is 0 Å². The summed E-state index contributed by atoms with van der Waals surface area (Å²) in [4.78, 5) is 16.3. The van der Waals surface area contributed by atoms with Crippen LogP contribution in [0.5, 0.6) is 0 Å². The lowest BCUT2D eigenvalue weighted by atomic mass is 9.86. The summed E-state index contributed by atoms with van der Waals surface area (Å²) in [5.74, 6) is 0. The number of nitrogens with zero attached hydrogens (tertiary/aromatic N) is 1. The zero-order chi connectivity index (χ0) is 15.3. The minimum atomic E-state index is -1.21. The van der Waals surface area contributed by atoms with Gasteiger partial charge in [0, 0.05) is 0 Å². The smallest absolute Gasteiger partial charge is 0.431 e. The minimum Gasteiger partial charge on any atom is -0.463 e. The number of carboxylic acid groups (broad SMARTS) is 1. The lowest BCUT2D eigenvalue weighted by Gasteiger charge is -2.24. The van der Waals surface area contributed by atoms with Crippen LogP contribution in [0.4, 0.5) is 4.79 Å². The Kier molecular flexibility index (Phi) is 5.53. The molecule has 1 atom stereocenters. The first kappa shape index (κ1) is 16.5. The van der Waals surface area contributed by atoms with Crippen molar-refractivity contribution in [1.29, 1.82) is 0 Å². The number of rotatable bonds is 5. The van der Waals surface area contributed by atoms with Crippen molar-refractivity contribution < 1.29 is 19.8 Å². The van der Waals surface area contributed by atoms with Crippen molar-refractivity contribution in [2.75, 3.05) is 6.61 Å². The fourth-order valence-corrected chi connectivity index (χ4v) is 1.72. The normalized spacial score (nSPS) is 13.1. The summed E-state index contributed by atoms with van der Waals surface area (Å²) >= 11 is 0. The summed E-state index contributed by atoms with van der Waals surface area (Å²) in [6, 6.07) is 7.26. The van der Waals surface area contributed by atoms with Gasteiger partial charge in [-0.1, -0.05) is 45.0 Å². The Hall–Kier alpha value is -1.59. The second-order valence-corrected chi connectivity index (χ2v) is 5.86. The van der Waals surface area contributed by atoms with Crippen LogP contribution < -0.4 is 0 Å². The quantitative estimate of drug-likeness (QED) is 0.814. The Labute approximate surface area is 119 Å². The number of aliphatic hydroxyl groups is 1. The molecule has 112 valence electrons. The Balaban J connectivity index is 2.76. The molecule has 0 bridgehead atoms.